The Morgan fingerprint density at radius 2 is 1.46 bits per heavy atom. The van der Waals surface area contributed by atoms with E-state index in [0.717, 1.165) is 12.1 Å². The number of rotatable bonds is 5. The van der Waals surface area contributed by atoms with E-state index in [9.17, 15) is 31.1 Å². The van der Waals surface area contributed by atoms with E-state index in [0.29, 0.717) is 5.57 Å². The van der Waals surface area contributed by atoms with Crippen LogP contribution in [0, 0.1) is 40.8 Å². The van der Waals surface area contributed by atoms with Crippen molar-refractivity contribution >= 4 is 11.5 Å². The summed E-state index contributed by atoms with van der Waals surface area (Å²) in [6, 6.07) is 8.25. The fourth-order valence-corrected chi connectivity index (χ4v) is 4.12. The Morgan fingerprint density at radius 3 is 2.11 bits per heavy atom. The SMILES string of the molecule is CCc1ccc(-c2ccc(C3=CCC(C(=O)Oc4cccc(F)c4F)CC3)c(F)c2F)c(F)c1F. The molecule has 0 fully saturated rings. The van der Waals surface area contributed by atoms with Gasteiger partial charge in [-0.25, -0.2) is 22.0 Å². The molecule has 3 aromatic carbocycles. The summed E-state index contributed by atoms with van der Waals surface area (Å²) >= 11 is 0. The fourth-order valence-electron chi connectivity index (χ4n) is 4.12. The number of hydrogen-bond acceptors (Lipinski definition) is 2. The molecule has 0 saturated carbocycles. The topological polar surface area (TPSA) is 26.3 Å². The van der Waals surface area contributed by atoms with Crippen molar-refractivity contribution in [3.8, 4) is 16.9 Å². The van der Waals surface area contributed by atoms with Crippen LogP contribution in [0.5, 0.6) is 5.75 Å². The van der Waals surface area contributed by atoms with E-state index in [-0.39, 0.29) is 42.4 Å². The normalized spacial score (nSPS) is 15.6. The summed E-state index contributed by atoms with van der Waals surface area (Å²) in [5.74, 6) is -9.25. The summed E-state index contributed by atoms with van der Waals surface area (Å²) in [4.78, 5) is 12.4. The predicted octanol–water partition coefficient (Wildman–Crippen LogP) is 7.54. The summed E-state index contributed by atoms with van der Waals surface area (Å²) in [5, 5.41) is 0. The fraction of sp³-hybridized carbons (Fsp3) is 0.222. The van der Waals surface area contributed by atoms with Gasteiger partial charge in [-0.3, -0.25) is 4.79 Å². The van der Waals surface area contributed by atoms with Gasteiger partial charge in [0.2, 0.25) is 5.82 Å². The first-order valence-electron chi connectivity index (χ1n) is 11.0. The van der Waals surface area contributed by atoms with E-state index in [1.54, 1.807) is 13.0 Å². The second-order valence-corrected chi connectivity index (χ2v) is 8.22. The maximum absolute atomic E-state index is 14.9. The van der Waals surface area contributed by atoms with Crippen molar-refractivity contribution in [2.24, 2.45) is 5.92 Å². The molecular weight excluding hydrogens is 470 g/mol. The molecule has 0 radical (unpaired) electrons. The number of allylic oxidation sites excluding steroid dienone is 2. The summed E-state index contributed by atoms with van der Waals surface area (Å²) in [5.41, 5.74) is -0.278. The van der Waals surface area contributed by atoms with Crippen molar-refractivity contribution in [1.82, 2.24) is 0 Å². The number of esters is 1. The van der Waals surface area contributed by atoms with Gasteiger partial charge in [0.15, 0.2) is 34.8 Å². The van der Waals surface area contributed by atoms with Gasteiger partial charge in [-0.05, 0) is 49.0 Å². The van der Waals surface area contributed by atoms with Gasteiger partial charge in [-0.1, -0.05) is 43.3 Å². The minimum Gasteiger partial charge on any atom is -0.423 e. The molecule has 0 saturated heterocycles. The van der Waals surface area contributed by atoms with Crippen molar-refractivity contribution in [3.05, 3.63) is 94.6 Å². The van der Waals surface area contributed by atoms with Crippen LogP contribution < -0.4 is 4.74 Å². The van der Waals surface area contributed by atoms with E-state index in [2.05, 4.69) is 0 Å². The minimum absolute atomic E-state index is 0.0553. The zero-order chi connectivity index (χ0) is 25.3. The average Bonchev–Trinajstić information content (AvgIpc) is 2.86. The molecule has 0 aliphatic heterocycles. The van der Waals surface area contributed by atoms with Crippen LogP contribution in [0.2, 0.25) is 0 Å². The van der Waals surface area contributed by atoms with Gasteiger partial charge in [0.25, 0.3) is 0 Å². The molecule has 2 nitrogen and oxygen atoms in total. The highest BCUT2D eigenvalue weighted by atomic mass is 19.2. The van der Waals surface area contributed by atoms with Gasteiger partial charge in [-0.2, -0.15) is 4.39 Å². The van der Waals surface area contributed by atoms with E-state index >= 15 is 0 Å². The third kappa shape index (κ3) is 4.70. The lowest BCUT2D eigenvalue weighted by molar-refractivity contribution is -0.139. The molecule has 35 heavy (non-hydrogen) atoms. The van der Waals surface area contributed by atoms with Gasteiger partial charge in [0, 0.05) is 16.7 Å². The molecule has 0 spiro atoms. The van der Waals surface area contributed by atoms with Crippen LogP contribution in [-0.2, 0) is 11.2 Å². The molecule has 1 aliphatic rings. The average molecular weight is 490 g/mol. The van der Waals surface area contributed by atoms with E-state index in [1.807, 2.05) is 0 Å². The van der Waals surface area contributed by atoms with E-state index in [1.165, 1.54) is 30.3 Å². The van der Waals surface area contributed by atoms with Gasteiger partial charge < -0.3 is 4.74 Å². The number of benzene rings is 3. The lowest BCUT2D eigenvalue weighted by Gasteiger charge is -2.21. The summed E-state index contributed by atoms with van der Waals surface area (Å²) in [7, 11) is 0. The second kappa shape index (κ2) is 9.98. The largest absolute Gasteiger partial charge is 0.423 e. The lowest BCUT2D eigenvalue weighted by Crippen LogP contribution is -2.22. The lowest BCUT2D eigenvalue weighted by atomic mass is 9.86. The maximum atomic E-state index is 14.9. The first-order valence-corrected chi connectivity index (χ1v) is 11.0. The van der Waals surface area contributed by atoms with Crippen molar-refractivity contribution in [3.63, 3.8) is 0 Å². The monoisotopic (exact) mass is 490 g/mol. The molecule has 1 atom stereocenters. The standard InChI is InChI=1S/C27H20F6O2/c1-2-14-10-11-18(24(31)22(14)29)19-13-12-17(23(30)25(19)32)15-6-8-16(9-7-15)27(34)35-21-5-3-4-20(28)26(21)33/h3-6,10-13,16H,2,7-9H2,1H3. The number of halogens is 6. The van der Waals surface area contributed by atoms with Gasteiger partial charge in [0.1, 0.15) is 0 Å². The number of ether oxygens (including phenoxy) is 1. The Balaban J connectivity index is 1.54. The minimum atomic E-state index is -1.31. The first-order chi connectivity index (χ1) is 16.7. The van der Waals surface area contributed by atoms with Crippen molar-refractivity contribution < 1.29 is 35.9 Å². The summed E-state index contributed by atoms with van der Waals surface area (Å²) < 4.78 is 90.5. The van der Waals surface area contributed by atoms with E-state index < -0.39 is 58.1 Å². The smallest absolute Gasteiger partial charge is 0.314 e. The summed E-state index contributed by atoms with van der Waals surface area (Å²) in [6.07, 6.45) is 2.31. The molecule has 0 heterocycles. The summed E-state index contributed by atoms with van der Waals surface area (Å²) in [6.45, 7) is 1.65. The number of carbonyl (C=O) groups excluding carboxylic acids is 1. The molecule has 182 valence electrons. The molecule has 0 aromatic heterocycles. The zero-order valence-electron chi connectivity index (χ0n) is 18.6. The van der Waals surface area contributed by atoms with Crippen LogP contribution in [0.15, 0.2) is 48.5 Å². The van der Waals surface area contributed by atoms with Crippen molar-refractivity contribution in [2.75, 3.05) is 0 Å². The van der Waals surface area contributed by atoms with Gasteiger partial charge in [-0.15, -0.1) is 0 Å². The van der Waals surface area contributed by atoms with Crippen molar-refractivity contribution in [2.45, 2.75) is 32.6 Å². The molecule has 8 heteroatoms. The van der Waals surface area contributed by atoms with Gasteiger partial charge >= 0.3 is 5.97 Å². The first kappa shape index (κ1) is 24.6. The molecule has 1 unspecified atom stereocenters. The van der Waals surface area contributed by atoms with Gasteiger partial charge in [0.05, 0.1) is 5.92 Å². The van der Waals surface area contributed by atoms with Crippen LogP contribution in [0.3, 0.4) is 0 Å². The molecule has 0 amide bonds. The third-order valence-corrected chi connectivity index (χ3v) is 6.13. The number of hydrogen-bond donors (Lipinski definition) is 0. The predicted molar refractivity (Wildman–Crippen MR) is 118 cm³/mol. The highest BCUT2D eigenvalue weighted by molar-refractivity contribution is 5.78. The molecule has 0 N–H and O–H groups in total. The Bertz CT molecular complexity index is 1330. The molecule has 1 aliphatic carbocycles. The zero-order valence-corrected chi connectivity index (χ0v) is 18.6. The van der Waals surface area contributed by atoms with Crippen LogP contribution in [0.4, 0.5) is 26.3 Å². The highest BCUT2D eigenvalue weighted by Gasteiger charge is 2.27. The van der Waals surface area contributed by atoms with Crippen LogP contribution in [0.25, 0.3) is 16.7 Å². The Hall–Kier alpha value is -3.55. The van der Waals surface area contributed by atoms with Crippen LogP contribution in [-0.4, -0.2) is 5.97 Å². The highest BCUT2D eigenvalue weighted by Crippen LogP contribution is 2.37. The van der Waals surface area contributed by atoms with Crippen LogP contribution >= 0.6 is 0 Å². The quantitative estimate of drug-likeness (QED) is 0.210. The molecular formula is C27H20F6O2. The molecule has 4 rings (SSSR count). The van der Waals surface area contributed by atoms with Crippen LogP contribution in [0.1, 0.15) is 37.3 Å². The molecule has 3 aromatic rings. The Morgan fingerprint density at radius 1 is 0.829 bits per heavy atom. The third-order valence-electron chi connectivity index (χ3n) is 6.13. The maximum Gasteiger partial charge on any atom is 0.314 e. The number of carbonyl (C=O) groups is 1. The Labute approximate surface area is 197 Å². The molecule has 0 bridgehead atoms. The number of aryl methyl sites for hydroxylation is 1. The van der Waals surface area contributed by atoms with Crippen molar-refractivity contribution in [1.29, 1.82) is 0 Å². The second-order valence-electron chi connectivity index (χ2n) is 8.22. The Kier molecular flexibility index (Phi) is 7.00. The van der Waals surface area contributed by atoms with E-state index in [4.69, 9.17) is 4.74 Å².